The van der Waals surface area contributed by atoms with Crippen LogP contribution in [0.4, 0.5) is 0 Å². The van der Waals surface area contributed by atoms with Crippen molar-refractivity contribution in [1.82, 2.24) is 0 Å². The fourth-order valence-corrected chi connectivity index (χ4v) is 2.52. The van der Waals surface area contributed by atoms with Crippen LogP contribution < -0.4 is 4.74 Å². The van der Waals surface area contributed by atoms with Crippen molar-refractivity contribution in [2.45, 2.75) is 25.7 Å². The molecule has 1 aromatic rings. The van der Waals surface area contributed by atoms with Crippen LogP contribution in [-0.2, 0) is 0 Å². The minimum absolute atomic E-state index is 0.411. The molecule has 0 atom stereocenters. The SMILES string of the molecule is Cc1c(C)c2c(c(C)c1O)SCO2. The van der Waals surface area contributed by atoms with E-state index in [1.165, 1.54) is 0 Å². The molecule has 0 unspecified atom stereocenters. The summed E-state index contributed by atoms with van der Waals surface area (Å²) >= 11 is 1.65. The molecular weight excluding hydrogens is 184 g/mol. The van der Waals surface area contributed by atoms with Crippen LogP contribution in [0.5, 0.6) is 11.5 Å². The van der Waals surface area contributed by atoms with Gasteiger partial charge in [0.15, 0.2) is 0 Å². The summed E-state index contributed by atoms with van der Waals surface area (Å²) in [7, 11) is 0. The Hall–Kier alpha value is -0.830. The maximum absolute atomic E-state index is 9.78. The summed E-state index contributed by atoms with van der Waals surface area (Å²) in [4.78, 5) is 1.10. The lowest BCUT2D eigenvalue weighted by Gasteiger charge is -2.11. The lowest BCUT2D eigenvalue weighted by Crippen LogP contribution is -1.92. The van der Waals surface area contributed by atoms with Crippen molar-refractivity contribution in [3.63, 3.8) is 0 Å². The van der Waals surface area contributed by atoms with E-state index in [1.807, 2.05) is 20.8 Å². The van der Waals surface area contributed by atoms with Gasteiger partial charge in [-0.25, -0.2) is 0 Å². The normalized spacial score (nSPS) is 14.1. The minimum Gasteiger partial charge on any atom is -0.507 e. The molecule has 2 nitrogen and oxygen atoms in total. The van der Waals surface area contributed by atoms with Crippen LogP contribution in [0.25, 0.3) is 0 Å². The van der Waals surface area contributed by atoms with Gasteiger partial charge in [0, 0.05) is 5.56 Å². The monoisotopic (exact) mass is 196 g/mol. The maximum atomic E-state index is 9.78. The number of benzene rings is 1. The van der Waals surface area contributed by atoms with Gasteiger partial charge in [0.1, 0.15) is 17.4 Å². The van der Waals surface area contributed by atoms with Gasteiger partial charge in [-0.1, -0.05) is 11.8 Å². The first kappa shape index (κ1) is 8.75. The molecule has 3 heteroatoms. The third kappa shape index (κ3) is 1.10. The molecule has 1 aromatic carbocycles. The summed E-state index contributed by atoms with van der Waals surface area (Å²) in [6, 6.07) is 0. The molecule has 0 amide bonds. The fraction of sp³-hybridized carbons (Fsp3) is 0.400. The van der Waals surface area contributed by atoms with Crippen LogP contribution in [0, 0.1) is 20.8 Å². The molecule has 0 aromatic heterocycles. The van der Waals surface area contributed by atoms with Crippen LogP contribution in [0.1, 0.15) is 16.7 Å². The molecule has 1 heterocycles. The lowest BCUT2D eigenvalue weighted by molar-refractivity contribution is 0.390. The summed E-state index contributed by atoms with van der Waals surface area (Å²) < 4.78 is 5.50. The van der Waals surface area contributed by atoms with Crippen molar-refractivity contribution in [1.29, 1.82) is 0 Å². The number of fused-ring (bicyclic) bond motifs is 1. The molecule has 0 saturated heterocycles. The quantitative estimate of drug-likeness (QED) is 0.692. The van der Waals surface area contributed by atoms with E-state index in [1.54, 1.807) is 11.8 Å². The average molecular weight is 196 g/mol. The van der Waals surface area contributed by atoms with Crippen LogP contribution in [0.3, 0.4) is 0 Å². The third-order valence-corrected chi connectivity index (χ3v) is 3.58. The first-order chi connectivity index (χ1) is 6.13. The molecule has 2 rings (SSSR count). The Morgan fingerprint density at radius 1 is 1.15 bits per heavy atom. The standard InChI is InChI=1S/C10H12O2S/c1-5-6(2)9-10(13-4-12-9)7(3)8(5)11/h11H,4H2,1-3H3. The Labute approximate surface area is 81.9 Å². The Kier molecular flexibility index (Phi) is 1.91. The second kappa shape index (κ2) is 2.84. The van der Waals surface area contributed by atoms with Gasteiger partial charge in [-0.3, -0.25) is 0 Å². The summed E-state index contributed by atoms with van der Waals surface area (Å²) in [5.41, 5.74) is 2.93. The van der Waals surface area contributed by atoms with Crippen LogP contribution >= 0.6 is 11.8 Å². The van der Waals surface area contributed by atoms with Crippen molar-refractivity contribution in [3.8, 4) is 11.5 Å². The number of rotatable bonds is 0. The molecule has 0 fully saturated rings. The fourth-order valence-electron chi connectivity index (χ4n) is 1.57. The van der Waals surface area contributed by atoms with Crippen molar-refractivity contribution < 1.29 is 9.84 Å². The van der Waals surface area contributed by atoms with Crippen molar-refractivity contribution in [2.75, 3.05) is 5.94 Å². The molecule has 1 aliphatic heterocycles. The molecule has 0 bridgehead atoms. The van der Waals surface area contributed by atoms with E-state index in [0.717, 1.165) is 27.3 Å². The molecule has 1 N–H and O–H groups in total. The van der Waals surface area contributed by atoms with Gasteiger partial charge >= 0.3 is 0 Å². The summed E-state index contributed by atoms with van der Waals surface area (Å²) in [5.74, 6) is 2.03. The first-order valence-electron chi connectivity index (χ1n) is 4.21. The third-order valence-electron chi connectivity index (χ3n) is 2.57. The van der Waals surface area contributed by atoms with Crippen LogP contribution in [0.15, 0.2) is 4.90 Å². The van der Waals surface area contributed by atoms with Gasteiger partial charge in [0.2, 0.25) is 0 Å². The Morgan fingerprint density at radius 2 is 1.85 bits per heavy atom. The predicted octanol–water partition coefficient (Wildman–Crippen LogP) is 2.76. The molecular formula is C10H12O2S. The highest BCUT2D eigenvalue weighted by molar-refractivity contribution is 7.99. The number of ether oxygens (including phenoxy) is 1. The lowest BCUT2D eigenvalue weighted by atomic mass is 10.0. The summed E-state index contributed by atoms with van der Waals surface area (Å²) in [6.07, 6.45) is 0. The predicted molar refractivity (Wildman–Crippen MR) is 53.7 cm³/mol. The van der Waals surface area contributed by atoms with Gasteiger partial charge in [-0.2, -0.15) is 0 Å². The summed E-state index contributed by atoms with van der Waals surface area (Å²) in [6.45, 7) is 5.84. The van der Waals surface area contributed by atoms with Gasteiger partial charge in [-0.05, 0) is 31.9 Å². The zero-order valence-corrected chi connectivity index (χ0v) is 8.79. The minimum atomic E-state index is 0.411. The van der Waals surface area contributed by atoms with Crippen molar-refractivity contribution >= 4 is 11.8 Å². The highest BCUT2D eigenvalue weighted by Crippen LogP contribution is 2.46. The van der Waals surface area contributed by atoms with Crippen molar-refractivity contribution in [3.05, 3.63) is 16.7 Å². The number of phenols is 1. The van der Waals surface area contributed by atoms with E-state index in [0.29, 0.717) is 11.7 Å². The number of hydrogen-bond acceptors (Lipinski definition) is 3. The Balaban J connectivity index is 2.77. The van der Waals surface area contributed by atoms with E-state index in [2.05, 4.69) is 0 Å². The number of aromatic hydroxyl groups is 1. The number of hydrogen-bond donors (Lipinski definition) is 1. The van der Waals surface area contributed by atoms with Crippen molar-refractivity contribution in [2.24, 2.45) is 0 Å². The molecule has 0 saturated carbocycles. The average Bonchev–Trinajstić information content (AvgIpc) is 2.59. The highest BCUT2D eigenvalue weighted by Gasteiger charge is 2.22. The molecule has 0 aliphatic carbocycles. The second-order valence-corrected chi connectivity index (χ2v) is 4.22. The number of phenolic OH excluding ortho intramolecular Hbond substituents is 1. The van der Waals surface area contributed by atoms with Gasteiger partial charge in [0.25, 0.3) is 0 Å². The van der Waals surface area contributed by atoms with Crippen LogP contribution in [-0.4, -0.2) is 11.0 Å². The van der Waals surface area contributed by atoms with Gasteiger partial charge in [0.05, 0.1) is 4.90 Å². The first-order valence-corrected chi connectivity index (χ1v) is 5.19. The Morgan fingerprint density at radius 3 is 2.54 bits per heavy atom. The van der Waals surface area contributed by atoms with Gasteiger partial charge in [-0.15, -0.1) is 0 Å². The smallest absolute Gasteiger partial charge is 0.138 e. The maximum Gasteiger partial charge on any atom is 0.138 e. The Bertz CT molecular complexity index is 337. The number of thioether (sulfide) groups is 1. The molecule has 0 radical (unpaired) electrons. The topological polar surface area (TPSA) is 29.5 Å². The van der Waals surface area contributed by atoms with E-state index >= 15 is 0 Å². The van der Waals surface area contributed by atoms with E-state index < -0.39 is 0 Å². The second-order valence-electron chi connectivity index (χ2n) is 3.29. The molecule has 0 spiro atoms. The zero-order valence-electron chi connectivity index (χ0n) is 7.97. The van der Waals surface area contributed by atoms with E-state index in [-0.39, 0.29) is 0 Å². The molecule has 70 valence electrons. The summed E-state index contributed by atoms with van der Waals surface area (Å²) in [5, 5.41) is 9.78. The largest absolute Gasteiger partial charge is 0.507 e. The molecule has 1 aliphatic rings. The highest BCUT2D eigenvalue weighted by atomic mass is 32.2. The van der Waals surface area contributed by atoms with Crippen LogP contribution in [0.2, 0.25) is 0 Å². The van der Waals surface area contributed by atoms with Gasteiger partial charge < -0.3 is 9.84 Å². The van der Waals surface area contributed by atoms with E-state index in [4.69, 9.17) is 4.74 Å². The zero-order chi connectivity index (χ0) is 9.59. The van der Waals surface area contributed by atoms with E-state index in [9.17, 15) is 5.11 Å². The molecule has 13 heavy (non-hydrogen) atoms.